The third-order valence-electron chi connectivity index (χ3n) is 3.39. The average Bonchev–Trinajstić information content (AvgIpc) is 2.41. The summed E-state index contributed by atoms with van der Waals surface area (Å²) in [4.78, 5) is 0. The number of allylic oxidation sites excluding steroid dienone is 5. The molecule has 0 amide bonds. The molecule has 0 saturated heterocycles. The van der Waals surface area contributed by atoms with Gasteiger partial charge in [0.25, 0.3) is 0 Å². The van der Waals surface area contributed by atoms with Gasteiger partial charge < -0.3 is 0 Å². The van der Waals surface area contributed by atoms with Crippen LogP contribution in [0.5, 0.6) is 0 Å². The van der Waals surface area contributed by atoms with Crippen molar-refractivity contribution in [3.05, 3.63) is 70.6 Å². The molecular formula is C15H11F5. The van der Waals surface area contributed by atoms with Gasteiger partial charge in [0.1, 0.15) is 0 Å². The van der Waals surface area contributed by atoms with Crippen LogP contribution in [0.3, 0.4) is 0 Å². The van der Waals surface area contributed by atoms with Gasteiger partial charge in [-0.2, -0.15) is 0 Å². The summed E-state index contributed by atoms with van der Waals surface area (Å²) in [6, 6.07) is 0. The molecule has 1 aliphatic carbocycles. The van der Waals surface area contributed by atoms with Crippen molar-refractivity contribution in [1.29, 1.82) is 0 Å². The van der Waals surface area contributed by atoms with Crippen LogP contribution in [0.2, 0.25) is 0 Å². The van der Waals surface area contributed by atoms with Crippen molar-refractivity contribution in [2.75, 3.05) is 0 Å². The summed E-state index contributed by atoms with van der Waals surface area (Å²) in [5.74, 6) is -10.3. The topological polar surface area (TPSA) is 0 Å². The molecule has 106 valence electrons. The van der Waals surface area contributed by atoms with Crippen LogP contribution in [0.4, 0.5) is 22.0 Å². The zero-order valence-electron chi connectivity index (χ0n) is 10.6. The van der Waals surface area contributed by atoms with Crippen LogP contribution >= 0.6 is 0 Å². The Balaban J connectivity index is 2.56. The van der Waals surface area contributed by atoms with E-state index in [0.29, 0.717) is 5.57 Å². The molecule has 0 spiro atoms. The summed E-state index contributed by atoms with van der Waals surface area (Å²) in [5, 5.41) is 0. The molecule has 1 aromatic carbocycles. The van der Waals surface area contributed by atoms with Crippen molar-refractivity contribution >= 4 is 0 Å². The molecule has 2 rings (SSSR count). The minimum absolute atomic E-state index is 0.212. The second-order valence-corrected chi connectivity index (χ2v) is 4.41. The molecule has 1 aliphatic rings. The molecule has 1 atom stereocenters. The van der Waals surface area contributed by atoms with Crippen molar-refractivity contribution in [3.63, 3.8) is 0 Å². The third-order valence-corrected chi connectivity index (χ3v) is 3.39. The van der Waals surface area contributed by atoms with Crippen LogP contribution in [0.1, 0.15) is 24.8 Å². The highest BCUT2D eigenvalue weighted by Gasteiger charge is 2.38. The zero-order chi connectivity index (χ0) is 15.0. The largest absolute Gasteiger partial charge is 0.203 e. The second-order valence-electron chi connectivity index (χ2n) is 4.41. The highest BCUT2D eigenvalue weighted by atomic mass is 19.2. The van der Waals surface area contributed by atoms with E-state index in [1.54, 1.807) is 19.1 Å². The fourth-order valence-electron chi connectivity index (χ4n) is 2.42. The predicted molar refractivity (Wildman–Crippen MR) is 65.6 cm³/mol. The Morgan fingerprint density at radius 1 is 0.950 bits per heavy atom. The Hall–Kier alpha value is -1.91. The summed E-state index contributed by atoms with van der Waals surface area (Å²) < 4.78 is 66.8. The number of halogens is 5. The lowest BCUT2D eigenvalue weighted by Crippen LogP contribution is -2.22. The lowest BCUT2D eigenvalue weighted by Gasteiger charge is -2.34. The Labute approximate surface area is 112 Å². The highest BCUT2D eigenvalue weighted by Crippen LogP contribution is 2.48. The van der Waals surface area contributed by atoms with E-state index in [-0.39, 0.29) is 6.42 Å². The summed E-state index contributed by atoms with van der Waals surface area (Å²) in [6.07, 6.45) is 4.97. The maximum absolute atomic E-state index is 13.7. The van der Waals surface area contributed by atoms with E-state index in [0.717, 1.165) is 5.57 Å². The number of rotatable bonds is 2. The Bertz CT molecular complexity index is 611. The first-order valence-electron chi connectivity index (χ1n) is 5.93. The Morgan fingerprint density at radius 2 is 1.45 bits per heavy atom. The molecule has 0 aromatic heterocycles. The van der Waals surface area contributed by atoms with Crippen molar-refractivity contribution < 1.29 is 22.0 Å². The van der Waals surface area contributed by atoms with Crippen LogP contribution in [0.25, 0.3) is 0 Å². The quantitative estimate of drug-likeness (QED) is 0.411. The normalized spacial score (nSPS) is 22.2. The fraction of sp³-hybridized carbons (Fsp3) is 0.200. The van der Waals surface area contributed by atoms with Gasteiger partial charge in [0.15, 0.2) is 23.3 Å². The SMILES string of the molecule is C=C/C=C1/CC(c2c(F)c(F)c(F)c(F)c2F)/C1=C/C. The molecular weight excluding hydrogens is 275 g/mol. The Morgan fingerprint density at radius 3 is 1.90 bits per heavy atom. The summed E-state index contributed by atoms with van der Waals surface area (Å²) in [5.41, 5.74) is 0.556. The van der Waals surface area contributed by atoms with Gasteiger partial charge in [-0.05, 0) is 24.5 Å². The summed E-state index contributed by atoms with van der Waals surface area (Å²) in [6.45, 7) is 5.15. The van der Waals surface area contributed by atoms with Gasteiger partial charge in [-0.3, -0.25) is 0 Å². The highest BCUT2D eigenvalue weighted by molar-refractivity contribution is 5.53. The molecule has 20 heavy (non-hydrogen) atoms. The second kappa shape index (κ2) is 5.23. The summed E-state index contributed by atoms with van der Waals surface area (Å²) in [7, 11) is 0. The average molecular weight is 286 g/mol. The molecule has 0 aliphatic heterocycles. The van der Waals surface area contributed by atoms with Crippen LogP contribution in [-0.2, 0) is 0 Å². The molecule has 0 nitrogen and oxygen atoms in total. The molecule has 5 heteroatoms. The van der Waals surface area contributed by atoms with E-state index >= 15 is 0 Å². The summed E-state index contributed by atoms with van der Waals surface area (Å²) >= 11 is 0. The van der Waals surface area contributed by atoms with Gasteiger partial charge in [-0.1, -0.05) is 24.8 Å². The van der Waals surface area contributed by atoms with Crippen LogP contribution in [-0.4, -0.2) is 0 Å². The molecule has 0 bridgehead atoms. The van der Waals surface area contributed by atoms with Gasteiger partial charge in [0.2, 0.25) is 5.82 Å². The fourth-order valence-corrected chi connectivity index (χ4v) is 2.42. The van der Waals surface area contributed by atoms with Gasteiger partial charge in [0.05, 0.1) is 0 Å². The number of hydrogen-bond acceptors (Lipinski definition) is 0. The first-order valence-corrected chi connectivity index (χ1v) is 5.93. The molecule has 0 heterocycles. The van der Waals surface area contributed by atoms with E-state index in [1.807, 2.05) is 0 Å². The minimum atomic E-state index is -2.13. The zero-order valence-corrected chi connectivity index (χ0v) is 10.6. The first kappa shape index (κ1) is 14.5. The minimum Gasteiger partial charge on any atom is -0.203 e. The molecule has 1 saturated carbocycles. The van der Waals surface area contributed by atoms with E-state index in [9.17, 15) is 22.0 Å². The predicted octanol–water partition coefficient (Wildman–Crippen LogP) is 4.93. The van der Waals surface area contributed by atoms with Crippen molar-refractivity contribution in [1.82, 2.24) is 0 Å². The van der Waals surface area contributed by atoms with Crippen molar-refractivity contribution in [3.8, 4) is 0 Å². The monoisotopic (exact) mass is 286 g/mol. The van der Waals surface area contributed by atoms with Crippen LogP contribution in [0, 0.1) is 29.1 Å². The molecule has 1 unspecified atom stereocenters. The lowest BCUT2D eigenvalue weighted by atomic mass is 9.70. The van der Waals surface area contributed by atoms with Gasteiger partial charge in [-0.15, -0.1) is 0 Å². The molecule has 0 radical (unpaired) electrons. The Kier molecular flexibility index (Phi) is 3.79. The van der Waals surface area contributed by atoms with Crippen molar-refractivity contribution in [2.45, 2.75) is 19.3 Å². The van der Waals surface area contributed by atoms with Gasteiger partial charge in [0, 0.05) is 11.5 Å². The molecule has 0 N–H and O–H groups in total. The molecule has 1 aromatic rings. The number of benzene rings is 1. The maximum atomic E-state index is 13.7. The van der Waals surface area contributed by atoms with Gasteiger partial charge in [-0.25, -0.2) is 22.0 Å². The van der Waals surface area contributed by atoms with E-state index in [2.05, 4.69) is 6.58 Å². The third kappa shape index (κ3) is 1.97. The van der Waals surface area contributed by atoms with Crippen LogP contribution < -0.4 is 0 Å². The lowest BCUT2D eigenvalue weighted by molar-refractivity contribution is 0.363. The van der Waals surface area contributed by atoms with E-state index in [1.165, 1.54) is 6.08 Å². The van der Waals surface area contributed by atoms with E-state index in [4.69, 9.17) is 0 Å². The van der Waals surface area contributed by atoms with Gasteiger partial charge >= 0.3 is 0 Å². The number of hydrogen-bond donors (Lipinski definition) is 0. The standard InChI is InChI=1S/C15H11F5/c1-3-5-7-6-9(8(7)4-2)10-11(16)13(18)15(20)14(19)12(10)17/h3-5,9H,1,6H2,2H3/b7-5-,8-4+. The van der Waals surface area contributed by atoms with E-state index < -0.39 is 40.6 Å². The molecule has 1 fully saturated rings. The van der Waals surface area contributed by atoms with Crippen molar-refractivity contribution in [2.24, 2.45) is 0 Å². The van der Waals surface area contributed by atoms with Crippen LogP contribution in [0.15, 0.2) is 36.0 Å². The maximum Gasteiger partial charge on any atom is 0.200 e. The smallest absolute Gasteiger partial charge is 0.200 e. The first-order chi connectivity index (χ1) is 9.43.